The van der Waals surface area contributed by atoms with E-state index in [4.69, 9.17) is 0 Å². The van der Waals surface area contributed by atoms with Gasteiger partial charge in [-0.25, -0.2) is 9.07 Å². The minimum Gasteiger partial charge on any atom is -0.319 e. The number of rotatable bonds is 4. The van der Waals surface area contributed by atoms with Gasteiger partial charge in [-0.3, -0.25) is 0 Å². The molecule has 0 amide bonds. The number of hydrogen-bond donors (Lipinski definition) is 1. The third-order valence-corrected chi connectivity index (χ3v) is 2.74. The standard InChI is InChI=1S/C13H16FN3/c1-10-11(7-8-15-2)9-17(16-10)13-5-3-12(14)4-6-13/h3-6,9,15H,7-8H2,1-2H3. The smallest absolute Gasteiger partial charge is 0.123 e. The van der Waals surface area contributed by atoms with Gasteiger partial charge in [0.15, 0.2) is 0 Å². The zero-order valence-electron chi connectivity index (χ0n) is 10.1. The SMILES string of the molecule is CNCCc1cn(-c2ccc(F)cc2)nc1C. The molecule has 17 heavy (non-hydrogen) atoms. The second-order valence-electron chi connectivity index (χ2n) is 4.01. The van der Waals surface area contributed by atoms with Crippen molar-refractivity contribution < 1.29 is 4.39 Å². The Kier molecular flexibility index (Phi) is 3.54. The second-order valence-corrected chi connectivity index (χ2v) is 4.01. The molecule has 1 aromatic heterocycles. The van der Waals surface area contributed by atoms with E-state index >= 15 is 0 Å². The van der Waals surface area contributed by atoms with Gasteiger partial charge < -0.3 is 5.32 Å². The van der Waals surface area contributed by atoms with E-state index in [0.29, 0.717) is 0 Å². The van der Waals surface area contributed by atoms with Crippen LogP contribution in [0.1, 0.15) is 11.3 Å². The molecule has 2 rings (SSSR count). The molecule has 4 heteroatoms. The van der Waals surface area contributed by atoms with Crippen LogP contribution in [0.3, 0.4) is 0 Å². The van der Waals surface area contributed by atoms with Gasteiger partial charge in [0.25, 0.3) is 0 Å². The van der Waals surface area contributed by atoms with Crippen molar-refractivity contribution in [3.63, 3.8) is 0 Å². The molecule has 0 atom stereocenters. The van der Waals surface area contributed by atoms with Crippen molar-refractivity contribution in [2.45, 2.75) is 13.3 Å². The Morgan fingerprint density at radius 3 is 2.65 bits per heavy atom. The van der Waals surface area contributed by atoms with Crippen LogP contribution in [0, 0.1) is 12.7 Å². The topological polar surface area (TPSA) is 29.9 Å². The van der Waals surface area contributed by atoms with Gasteiger partial charge in [0.1, 0.15) is 5.82 Å². The number of aryl methyl sites for hydroxylation is 1. The van der Waals surface area contributed by atoms with Gasteiger partial charge in [-0.1, -0.05) is 0 Å². The molecule has 1 aromatic carbocycles. The largest absolute Gasteiger partial charge is 0.319 e. The van der Waals surface area contributed by atoms with Crippen LogP contribution in [-0.2, 0) is 6.42 Å². The van der Waals surface area contributed by atoms with E-state index in [0.717, 1.165) is 24.3 Å². The molecular formula is C13H16FN3. The lowest BCUT2D eigenvalue weighted by molar-refractivity contribution is 0.627. The molecule has 1 heterocycles. The average Bonchev–Trinajstić information content (AvgIpc) is 2.69. The molecule has 90 valence electrons. The fraction of sp³-hybridized carbons (Fsp3) is 0.308. The van der Waals surface area contributed by atoms with Crippen LogP contribution in [0.5, 0.6) is 0 Å². The number of nitrogens with one attached hydrogen (secondary N) is 1. The molecule has 0 radical (unpaired) electrons. The van der Waals surface area contributed by atoms with Gasteiger partial charge in [-0.15, -0.1) is 0 Å². The van der Waals surface area contributed by atoms with Crippen LogP contribution in [0.2, 0.25) is 0 Å². The highest BCUT2D eigenvalue weighted by Crippen LogP contribution is 2.12. The number of aromatic nitrogens is 2. The van der Waals surface area contributed by atoms with Crippen molar-refractivity contribution in [1.82, 2.24) is 15.1 Å². The first-order valence-electron chi connectivity index (χ1n) is 5.66. The Morgan fingerprint density at radius 2 is 2.00 bits per heavy atom. The molecule has 3 nitrogen and oxygen atoms in total. The van der Waals surface area contributed by atoms with E-state index < -0.39 is 0 Å². The summed E-state index contributed by atoms with van der Waals surface area (Å²) in [4.78, 5) is 0. The lowest BCUT2D eigenvalue weighted by atomic mass is 10.2. The molecule has 0 fully saturated rings. The molecule has 0 unspecified atom stereocenters. The summed E-state index contributed by atoms with van der Waals surface area (Å²) in [6.45, 7) is 2.92. The van der Waals surface area contributed by atoms with Gasteiger partial charge in [-0.2, -0.15) is 5.10 Å². The highest BCUT2D eigenvalue weighted by molar-refractivity contribution is 5.33. The van der Waals surface area contributed by atoms with Crippen molar-refractivity contribution >= 4 is 0 Å². The number of nitrogens with zero attached hydrogens (tertiary/aromatic N) is 2. The van der Waals surface area contributed by atoms with Crippen molar-refractivity contribution in [1.29, 1.82) is 0 Å². The van der Waals surface area contributed by atoms with Crippen molar-refractivity contribution in [3.05, 3.63) is 47.5 Å². The molecule has 0 saturated heterocycles. The summed E-state index contributed by atoms with van der Waals surface area (Å²) in [6.07, 6.45) is 2.95. The Bertz CT molecular complexity index is 488. The molecule has 0 spiro atoms. The van der Waals surface area contributed by atoms with Gasteiger partial charge in [0.05, 0.1) is 11.4 Å². The van der Waals surface area contributed by atoms with E-state index in [1.54, 1.807) is 16.8 Å². The van der Waals surface area contributed by atoms with E-state index in [1.165, 1.54) is 17.7 Å². The summed E-state index contributed by atoms with van der Waals surface area (Å²) in [5, 5.41) is 7.54. The summed E-state index contributed by atoms with van der Waals surface area (Å²) >= 11 is 0. The number of likely N-dealkylation sites (N-methyl/N-ethyl adjacent to an activating group) is 1. The number of hydrogen-bond acceptors (Lipinski definition) is 2. The summed E-state index contributed by atoms with van der Waals surface area (Å²) in [5.74, 6) is -0.229. The van der Waals surface area contributed by atoms with Crippen LogP contribution < -0.4 is 5.32 Å². The van der Waals surface area contributed by atoms with E-state index in [2.05, 4.69) is 10.4 Å². The van der Waals surface area contributed by atoms with Crippen molar-refractivity contribution in [2.75, 3.05) is 13.6 Å². The van der Waals surface area contributed by atoms with Crippen molar-refractivity contribution in [3.8, 4) is 5.69 Å². The van der Waals surface area contributed by atoms with E-state index in [9.17, 15) is 4.39 Å². The lowest BCUT2D eigenvalue weighted by Gasteiger charge is -2.00. The summed E-state index contributed by atoms with van der Waals surface area (Å²) in [6, 6.07) is 6.34. The highest BCUT2D eigenvalue weighted by atomic mass is 19.1. The summed E-state index contributed by atoms with van der Waals surface area (Å²) in [7, 11) is 1.93. The minimum atomic E-state index is -0.229. The summed E-state index contributed by atoms with van der Waals surface area (Å²) < 4.78 is 14.6. The zero-order chi connectivity index (χ0) is 12.3. The fourth-order valence-corrected chi connectivity index (χ4v) is 1.73. The normalized spacial score (nSPS) is 10.8. The van der Waals surface area contributed by atoms with Crippen LogP contribution in [0.4, 0.5) is 4.39 Å². The quantitative estimate of drug-likeness (QED) is 0.876. The minimum absolute atomic E-state index is 0.229. The molecule has 0 aliphatic carbocycles. The third kappa shape index (κ3) is 2.71. The van der Waals surface area contributed by atoms with Crippen molar-refractivity contribution in [2.24, 2.45) is 0 Å². The van der Waals surface area contributed by atoms with E-state index in [-0.39, 0.29) is 5.82 Å². The van der Waals surface area contributed by atoms with Crippen LogP contribution >= 0.6 is 0 Å². The Balaban J connectivity index is 2.24. The Morgan fingerprint density at radius 1 is 1.29 bits per heavy atom. The van der Waals surface area contributed by atoms with Crippen LogP contribution in [-0.4, -0.2) is 23.4 Å². The van der Waals surface area contributed by atoms with Crippen LogP contribution in [0.15, 0.2) is 30.5 Å². The fourth-order valence-electron chi connectivity index (χ4n) is 1.73. The van der Waals surface area contributed by atoms with E-state index in [1.807, 2.05) is 20.2 Å². The monoisotopic (exact) mass is 233 g/mol. The molecule has 0 aliphatic rings. The molecule has 0 saturated carbocycles. The Hall–Kier alpha value is -1.68. The lowest BCUT2D eigenvalue weighted by Crippen LogP contribution is -2.10. The Labute approximate surface area is 100 Å². The summed E-state index contributed by atoms with van der Waals surface area (Å²) in [5.41, 5.74) is 3.11. The third-order valence-electron chi connectivity index (χ3n) is 2.74. The maximum absolute atomic E-state index is 12.8. The van der Waals surface area contributed by atoms with Gasteiger partial charge in [-0.05, 0) is 56.8 Å². The first-order valence-corrected chi connectivity index (χ1v) is 5.66. The predicted octanol–water partition coefficient (Wildman–Crippen LogP) is 2.08. The van der Waals surface area contributed by atoms with Gasteiger partial charge in [0, 0.05) is 6.20 Å². The molecule has 2 aromatic rings. The molecule has 0 bridgehead atoms. The average molecular weight is 233 g/mol. The number of benzene rings is 1. The maximum Gasteiger partial charge on any atom is 0.123 e. The second kappa shape index (κ2) is 5.10. The van der Waals surface area contributed by atoms with Gasteiger partial charge >= 0.3 is 0 Å². The van der Waals surface area contributed by atoms with Crippen LogP contribution in [0.25, 0.3) is 5.69 Å². The molecule has 0 aliphatic heterocycles. The first-order chi connectivity index (χ1) is 8.20. The predicted molar refractivity (Wildman–Crippen MR) is 65.9 cm³/mol. The molecule has 1 N–H and O–H groups in total. The maximum atomic E-state index is 12.8. The zero-order valence-corrected chi connectivity index (χ0v) is 10.1. The number of halogens is 1. The first kappa shape index (κ1) is 11.8. The molecular weight excluding hydrogens is 217 g/mol. The highest BCUT2D eigenvalue weighted by Gasteiger charge is 2.05. The van der Waals surface area contributed by atoms with Gasteiger partial charge in [0.2, 0.25) is 0 Å².